The molecule has 1 N–H and O–H groups in total. The summed E-state index contributed by atoms with van der Waals surface area (Å²) in [6.45, 7) is 0. The van der Waals surface area contributed by atoms with Crippen LogP contribution in [0.3, 0.4) is 0 Å². The van der Waals surface area contributed by atoms with Crippen molar-refractivity contribution in [3.63, 3.8) is 0 Å². The van der Waals surface area contributed by atoms with Crippen LogP contribution in [-0.2, 0) is 0 Å². The molecule has 4 aromatic rings. The topological polar surface area (TPSA) is 68.1 Å². The van der Waals surface area contributed by atoms with E-state index in [9.17, 15) is 4.39 Å². The van der Waals surface area contributed by atoms with Crippen molar-refractivity contribution < 1.29 is 9.13 Å². The Morgan fingerprint density at radius 2 is 2.17 bits per heavy atom. The van der Waals surface area contributed by atoms with Crippen LogP contribution in [0, 0.1) is 5.82 Å². The van der Waals surface area contributed by atoms with E-state index < -0.39 is 0 Å². The fourth-order valence-electron chi connectivity index (χ4n) is 2.63. The van der Waals surface area contributed by atoms with Gasteiger partial charge in [0.25, 0.3) is 0 Å². The van der Waals surface area contributed by atoms with Crippen molar-refractivity contribution in [2.75, 3.05) is 7.11 Å². The van der Waals surface area contributed by atoms with Crippen LogP contribution < -0.4 is 4.74 Å². The van der Waals surface area contributed by atoms with Gasteiger partial charge in [-0.3, -0.25) is 5.10 Å². The first-order valence-corrected chi connectivity index (χ1v) is 7.43. The summed E-state index contributed by atoms with van der Waals surface area (Å²) < 4.78 is 20.6. The van der Waals surface area contributed by atoms with Crippen LogP contribution in [0.25, 0.3) is 28.0 Å². The summed E-state index contributed by atoms with van der Waals surface area (Å²) in [6, 6.07) is 6.07. The maximum Gasteiger partial charge on any atom is 0.155 e. The van der Waals surface area contributed by atoms with Gasteiger partial charge in [-0.05, 0) is 18.2 Å². The lowest BCUT2D eigenvalue weighted by molar-refractivity contribution is 0.412. The average molecular weight is 344 g/mol. The van der Waals surface area contributed by atoms with E-state index in [2.05, 4.69) is 20.3 Å². The van der Waals surface area contributed by atoms with Gasteiger partial charge in [-0.2, -0.15) is 10.2 Å². The Labute approximate surface area is 140 Å². The lowest BCUT2D eigenvalue weighted by atomic mass is 10.0. The van der Waals surface area contributed by atoms with Crippen LogP contribution in [-0.4, -0.2) is 31.9 Å². The molecule has 0 unspecified atom stereocenters. The van der Waals surface area contributed by atoms with Gasteiger partial charge in [-0.15, -0.1) is 0 Å². The Bertz CT molecular complexity index is 1030. The van der Waals surface area contributed by atoms with Crippen LogP contribution in [0.1, 0.15) is 0 Å². The smallest absolute Gasteiger partial charge is 0.155 e. The zero-order chi connectivity index (χ0) is 16.7. The Morgan fingerprint density at radius 1 is 1.29 bits per heavy atom. The van der Waals surface area contributed by atoms with Crippen molar-refractivity contribution in [3.05, 3.63) is 53.8 Å². The molecule has 8 heteroatoms. The van der Waals surface area contributed by atoms with Gasteiger partial charge in [0.1, 0.15) is 28.5 Å². The Kier molecular flexibility index (Phi) is 3.42. The van der Waals surface area contributed by atoms with Crippen LogP contribution in [0.5, 0.6) is 5.75 Å². The van der Waals surface area contributed by atoms with Crippen LogP contribution >= 0.6 is 11.6 Å². The number of hydrogen-bond donors (Lipinski definition) is 1. The standard InChI is InChI=1S/C16H11ClFN5O/c1-24-13-6-10(18)2-3-11(13)15-14(9-7-19-20-8-9)22-16(17)12-4-5-21-23(12)15/h2-8H,1H3,(H,19,20). The minimum absolute atomic E-state index is 0.313. The number of hydrogen-bond acceptors (Lipinski definition) is 4. The lowest BCUT2D eigenvalue weighted by Gasteiger charge is -2.14. The molecule has 120 valence electrons. The minimum Gasteiger partial charge on any atom is -0.496 e. The lowest BCUT2D eigenvalue weighted by Crippen LogP contribution is -2.02. The number of nitrogens with zero attached hydrogens (tertiary/aromatic N) is 4. The second-order valence-corrected chi connectivity index (χ2v) is 5.42. The van der Waals surface area contributed by atoms with Gasteiger partial charge >= 0.3 is 0 Å². The summed E-state index contributed by atoms with van der Waals surface area (Å²) in [5.74, 6) is -0.0141. The molecule has 3 aromatic heterocycles. The fraction of sp³-hybridized carbons (Fsp3) is 0.0625. The van der Waals surface area contributed by atoms with E-state index in [1.165, 1.54) is 19.2 Å². The van der Waals surface area contributed by atoms with Gasteiger partial charge in [0, 0.05) is 23.4 Å². The molecule has 24 heavy (non-hydrogen) atoms. The van der Waals surface area contributed by atoms with Gasteiger partial charge in [0.2, 0.25) is 0 Å². The van der Waals surface area contributed by atoms with Gasteiger partial charge in [0.15, 0.2) is 5.15 Å². The summed E-state index contributed by atoms with van der Waals surface area (Å²) in [7, 11) is 1.49. The number of H-pyrrole nitrogens is 1. The summed E-state index contributed by atoms with van der Waals surface area (Å²) in [5.41, 5.74) is 3.22. The molecular weight excluding hydrogens is 333 g/mol. The highest BCUT2D eigenvalue weighted by Gasteiger charge is 2.21. The van der Waals surface area contributed by atoms with Crippen molar-refractivity contribution in [1.82, 2.24) is 24.8 Å². The molecule has 0 aliphatic rings. The van der Waals surface area contributed by atoms with Crippen molar-refractivity contribution in [1.29, 1.82) is 0 Å². The second kappa shape index (κ2) is 5.61. The molecule has 0 radical (unpaired) electrons. The molecule has 4 rings (SSSR count). The number of fused-ring (bicyclic) bond motifs is 1. The number of nitrogens with one attached hydrogen (secondary N) is 1. The van der Waals surface area contributed by atoms with E-state index in [1.54, 1.807) is 35.2 Å². The molecule has 0 amide bonds. The number of rotatable bonds is 3. The zero-order valence-electron chi connectivity index (χ0n) is 12.5. The predicted octanol–water partition coefficient (Wildman–Crippen LogP) is 3.59. The molecule has 0 aliphatic heterocycles. The van der Waals surface area contributed by atoms with Crippen LogP contribution in [0.2, 0.25) is 5.15 Å². The molecule has 0 spiro atoms. The van der Waals surface area contributed by atoms with E-state index in [4.69, 9.17) is 16.3 Å². The number of aromatic nitrogens is 5. The van der Waals surface area contributed by atoms with Gasteiger partial charge < -0.3 is 4.74 Å². The third kappa shape index (κ3) is 2.21. The summed E-state index contributed by atoms with van der Waals surface area (Å²) in [6.07, 6.45) is 4.96. The summed E-state index contributed by atoms with van der Waals surface area (Å²) in [5, 5.41) is 11.4. The number of benzene rings is 1. The molecule has 6 nitrogen and oxygen atoms in total. The SMILES string of the molecule is COc1cc(F)ccc1-c1c(-c2cn[nH]c2)nc(Cl)c2ccnn12. The molecule has 0 saturated heterocycles. The van der Waals surface area contributed by atoms with Crippen molar-refractivity contribution in [2.24, 2.45) is 0 Å². The van der Waals surface area contributed by atoms with Crippen molar-refractivity contribution >= 4 is 17.1 Å². The first kappa shape index (κ1) is 14.6. The Hall–Kier alpha value is -2.93. The summed E-state index contributed by atoms with van der Waals surface area (Å²) in [4.78, 5) is 4.49. The molecule has 1 aromatic carbocycles. The molecule has 0 saturated carbocycles. The molecule has 0 bridgehead atoms. The van der Waals surface area contributed by atoms with E-state index in [0.717, 1.165) is 5.56 Å². The molecule has 0 aliphatic carbocycles. The van der Waals surface area contributed by atoms with Gasteiger partial charge in [0.05, 0.1) is 19.5 Å². The van der Waals surface area contributed by atoms with E-state index >= 15 is 0 Å². The Morgan fingerprint density at radius 3 is 2.92 bits per heavy atom. The van der Waals surface area contributed by atoms with Gasteiger partial charge in [-0.1, -0.05) is 11.6 Å². The second-order valence-electron chi connectivity index (χ2n) is 5.06. The molecule has 3 heterocycles. The van der Waals surface area contributed by atoms with Crippen molar-refractivity contribution in [3.8, 4) is 28.3 Å². The quantitative estimate of drug-likeness (QED) is 0.617. The predicted molar refractivity (Wildman–Crippen MR) is 87.5 cm³/mol. The minimum atomic E-state index is -0.390. The van der Waals surface area contributed by atoms with Crippen LogP contribution in [0.4, 0.5) is 4.39 Å². The largest absolute Gasteiger partial charge is 0.496 e. The maximum atomic E-state index is 13.6. The monoisotopic (exact) mass is 343 g/mol. The van der Waals surface area contributed by atoms with Gasteiger partial charge in [-0.25, -0.2) is 13.9 Å². The first-order valence-electron chi connectivity index (χ1n) is 7.05. The highest BCUT2D eigenvalue weighted by Crippen LogP contribution is 2.38. The third-order valence-electron chi connectivity index (χ3n) is 3.69. The fourth-order valence-corrected chi connectivity index (χ4v) is 2.86. The van der Waals surface area contributed by atoms with E-state index in [-0.39, 0.29) is 5.82 Å². The van der Waals surface area contributed by atoms with Crippen molar-refractivity contribution in [2.45, 2.75) is 0 Å². The molecule has 0 fully saturated rings. The highest BCUT2D eigenvalue weighted by atomic mass is 35.5. The molecular formula is C16H11ClFN5O. The first-order chi connectivity index (χ1) is 11.7. The number of halogens is 2. The zero-order valence-corrected chi connectivity index (χ0v) is 13.3. The average Bonchev–Trinajstić information content (AvgIpc) is 3.27. The third-order valence-corrected chi connectivity index (χ3v) is 3.97. The summed E-state index contributed by atoms with van der Waals surface area (Å²) >= 11 is 6.28. The maximum absolute atomic E-state index is 13.6. The highest BCUT2D eigenvalue weighted by molar-refractivity contribution is 6.32. The number of aromatic amines is 1. The normalized spacial score (nSPS) is 11.1. The van der Waals surface area contributed by atoms with E-state index in [0.29, 0.717) is 33.4 Å². The van der Waals surface area contributed by atoms with Crippen LogP contribution in [0.15, 0.2) is 42.9 Å². The number of ether oxygens (including phenoxy) is 1. The van der Waals surface area contributed by atoms with E-state index in [1.807, 2.05) is 0 Å². The Balaban J connectivity index is 2.12. The molecule has 0 atom stereocenters. The number of methoxy groups -OCH3 is 1.